The summed E-state index contributed by atoms with van der Waals surface area (Å²) in [5.74, 6) is 0.199. The molecular formula is C19H14O6. The number of carbonyl (C=O) groups is 2. The average molecular weight is 338 g/mol. The molecule has 3 aromatic rings. The van der Waals surface area contributed by atoms with Crippen LogP contribution < -0.4 is 14.9 Å². The highest BCUT2D eigenvalue weighted by atomic mass is 16.5. The van der Waals surface area contributed by atoms with Crippen LogP contribution in [0.4, 0.5) is 0 Å². The zero-order valence-corrected chi connectivity index (χ0v) is 13.6. The highest BCUT2D eigenvalue weighted by Gasteiger charge is 2.09. The molecule has 0 bridgehead atoms. The molecule has 0 spiro atoms. The van der Waals surface area contributed by atoms with E-state index in [-0.39, 0.29) is 11.2 Å². The molecule has 6 nitrogen and oxygen atoms in total. The Morgan fingerprint density at radius 3 is 2.08 bits per heavy atom. The summed E-state index contributed by atoms with van der Waals surface area (Å²) in [6.07, 6.45) is 0. The van der Waals surface area contributed by atoms with Crippen LogP contribution >= 0.6 is 0 Å². The summed E-state index contributed by atoms with van der Waals surface area (Å²) >= 11 is 0. The van der Waals surface area contributed by atoms with Crippen molar-refractivity contribution in [1.29, 1.82) is 0 Å². The molecule has 0 atom stereocenters. The lowest BCUT2D eigenvalue weighted by Gasteiger charge is -2.06. The van der Waals surface area contributed by atoms with E-state index in [9.17, 15) is 14.4 Å². The van der Waals surface area contributed by atoms with Crippen LogP contribution in [0.2, 0.25) is 0 Å². The number of carbonyl (C=O) groups excluding carboxylic acids is 2. The summed E-state index contributed by atoms with van der Waals surface area (Å²) in [6, 6.07) is 12.6. The number of rotatable bonds is 3. The monoisotopic (exact) mass is 338 g/mol. The van der Waals surface area contributed by atoms with E-state index >= 15 is 0 Å². The summed E-state index contributed by atoms with van der Waals surface area (Å²) < 4.78 is 15.7. The van der Waals surface area contributed by atoms with Gasteiger partial charge in [0.2, 0.25) is 0 Å². The van der Waals surface area contributed by atoms with Gasteiger partial charge in [0.05, 0.1) is 5.39 Å². The Hall–Kier alpha value is -3.41. The molecule has 0 N–H and O–H groups in total. The first-order valence-electron chi connectivity index (χ1n) is 7.47. The first-order valence-corrected chi connectivity index (χ1v) is 7.47. The molecule has 0 saturated carbocycles. The van der Waals surface area contributed by atoms with Crippen LogP contribution in [-0.2, 0) is 9.59 Å². The van der Waals surface area contributed by atoms with Gasteiger partial charge in [-0.3, -0.25) is 14.4 Å². The lowest BCUT2D eigenvalue weighted by molar-refractivity contribution is -0.132. The van der Waals surface area contributed by atoms with Crippen LogP contribution in [0.1, 0.15) is 13.8 Å². The molecule has 126 valence electrons. The van der Waals surface area contributed by atoms with Crippen LogP contribution in [-0.4, -0.2) is 11.9 Å². The third kappa shape index (κ3) is 3.74. The molecular weight excluding hydrogens is 324 g/mol. The van der Waals surface area contributed by atoms with Crippen LogP contribution in [0.15, 0.2) is 57.7 Å². The third-order valence-electron chi connectivity index (χ3n) is 3.36. The number of hydrogen-bond acceptors (Lipinski definition) is 6. The minimum absolute atomic E-state index is 0.255. The van der Waals surface area contributed by atoms with E-state index in [1.165, 1.54) is 26.0 Å². The molecule has 0 fully saturated rings. The van der Waals surface area contributed by atoms with E-state index in [0.717, 1.165) is 0 Å². The highest BCUT2D eigenvalue weighted by molar-refractivity contribution is 5.81. The van der Waals surface area contributed by atoms with Gasteiger partial charge in [-0.2, -0.15) is 0 Å². The van der Waals surface area contributed by atoms with Crippen molar-refractivity contribution in [3.8, 4) is 22.8 Å². The predicted molar refractivity (Wildman–Crippen MR) is 90.5 cm³/mol. The van der Waals surface area contributed by atoms with Crippen LogP contribution in [0.3, 0.4) is 0 Å². The molecule has 1 aromatic heterocycles. The number of hydrogen-bond donors (Lipinski definition) is 0. The number of esters is 2. The Morgan fingerprint density at radius 1 is 0.840 bits per heavy atom. The van der Waals surface area contributed by atoms with Crippen LogP contribution in [0.5, 0.6) is 11.5 Å². The van der Waals surface area contributed by atoms with Gasteiger partial charge in [0.1, 0.15) is 22.8 Å². The van der Waals surface area contributed by atoms with Gasteiger partial charge in [-0.1, -0.05) is 0 Å². The van der Waals surface area contributed by atoms with Gasteiger partial charge in [-0.25, -0.2) is 0 Å². The van der Waals surface area contributed by atoms with Gasteiger partial charge in [0.15, 0.2) is 5.43 Å². The highest BCUT2D eigenvalue weighted by Crippen LogP contribution is 2.26. The topological polar surface area (TPSA) is 82.8 Å². The van der Waals surface area contributed by atoms with E-state index in [4.69, 9.17) is 13.9 Å². The van der Waals surface area contributed by atoms with Crippen LogP contribution in [0, 0.1) is 0 Å². The maximum absolute atomic E-state index is 12.4. The van der Waals surface area contributed by atoms with Crippen molar-refractivity contribution < 1.29 is 23.5 Å². The third-order valence-corrected chi connectivity index (χ3v) is 3.36. The Bertz CT molecular complexity index is 1010. The standard InChI is InChI=1S/C19H14O6/c1-11(20)23-14-5-3-13(4-6-14)19-10-17(22)16-9-15(24-12(2)21)7-8-18(16)25-19/h3-10H,1-2H3. The molecule has 0 radical (unpaired) electrons. The van der Waals surface area contributed by atoms with Crippen molar-refractivity contribution in [3.63, 3.8) is 0 Å². The summed E-state index contributed by atoms with van der Waals surface area (Å²) in [5, 5.41) is 0.319. The molecule has 0 amide bonds. The number of benzene rings is 2. The molecule has 0 aliphatic carbocycles. The second-order valence-electron chi connectivity index (χ2n) is 5.34. The van der Waals surface area contributed by atoms with Gasteiger partial charge in [0.25, 0.3) is 0 Å². The van der Waals surface area contributed by atoms with E-state index in [0.29, 0.717) is 28.0 Å². The van der Waals surface area contributed by atoms with Gasteiger partial charge in [0, 0.05) is 25.5 Å². The van der Waals surface area contributed by atoms with E-state index in [1.54, 1.807) is 36.4 Å². The van der Waals surface area contributed by atoms with Crippen LogP contribution in [0.25, 0.3) is 22.3 Å². The van der Waals surface area contributed by atoms with Gasteiger partial charge in [-0.15, -0.1) is 0 Å². The SMILES string of the molecule is CC(=O)Oc1ccc(-c2cc(=O)c3cc(OC(C)=O)ccc3o2)cc1. The van der Waals surface area contributed by atoms with E-state index < -0.39 is 11.9 Å². The predicted octanol–water partition coefficient (Wildman–Crippen LogP) is 3.31. The average Bonchev–Trinajstić information content (AvgIpc) is 2.55. The molecule has 6 heteroatoms. The van der Waals surface area contributed by atoms with Crippen molar-refractivity contribution in [2.75, 3.05) is 0 Å². The Morgan fingerprint density at radius 2 is 1.44 bits per heavy atom. The molecule has 25 heavy (non-hydrogen) atoms. The molecule has 1 heterocycles. The maximum Gasteiger partial charge on any atom is 0.308 e. The van der Waals surface area contributed by atoms with Gasteiger partial charge < -0.3 is 13.9 Å². The van der Waals surface area contributed by atoms with Crippen molar-refractivity contribution >= 4 is 22.9 Å². The van der Waals surface area contributed by atoms with Gasteiger partial charge in [-0.05, 0) is 42.5 Å². The fourth-order valence-electron chi connectivity index (χ4n) is 2.36. The fourth-order valence-corrected chi connectivity index (χ4v) is 2.36. The Balaban J connectivity index is 1.99. The molecule has 0 saturated heterocycles. The van der Waals surface area contributed by atoms with Crippen molar-refractivity contribution in [2.24, 2.45) is 0 Å². The smallest absolute Gasteiger partial charge is 0.308 e. The lowest BCUT2D eigenvalue weighted by atomic mass is 10.1. The molecule has 0 aliphatic heterocycles. The lowest BCUT2D eigenvalue weighted by Crippen LogP contribution is -2.04. The summed E-state index contributed by atoms with van der Waals surface area (Å²) in [7, 11) is 0. The number of fused-ring (bicyclic) bond motifs is 1. The second-order valence-corrected chi connectivity index (χ2v) is 5.34. The zero-order valence-electron chi connectivity index (χ0n) is 13.6. The second kappa shape index (κ2) is 6.60. The Labute approximate surface area is 142 Å². The normalized spacial score (nSPS) is 10.5. The first-order chi connectivity index (χ1) is 11.9. The van der Waals surface area contributed by atoms with Gasteiger partial charge >= 0.3 is 11.9 Å². The summed E-state index contributed by atoms with van der Waals surface area (Å²) in [6.45, 7) is 2.61. The van der Waals surface area contributed by atoms with Crippen molar-refractivity contribution in [1.82, 2.24) is 0 Å². The van der Waals surface area contributed by atoms with E-state index in [2.05, 4.69) is 0 Å². The van der Waals surface area contributed by atoms with Crippen molar-refractivity contribution in [3.05, 3.63) is 58.8 Å². The van der Waals surface area contributed by atoms with Crippen molar-refractivity contribution in [2.45, 2.75) is 13.8 Å². The molecule has 0 unspecified atom stereocenters. The zero-order chi connectivity index (χ0) is 18.0. The molecule has 2 aromatic carbocycles. The first kappa shape index (κ1) is 16.4. The quantitative estimate of drug-likeness (QED) is 0.538. The molecule has 3 rings (SSSR count). The minimum atomic E-state index is -0.465. The largest absolute Gasteiger partial charge is 0.456 e. The summed E-state index contributed by atoms with van der Waals surface area (Å²) in [4.78, 5) is 34.3. The minimum Gasteiger partial charge on any atom is -0.456 e. The maximum atomic E-state index is 12.4. The number of ether oxygens (including phenoxy) is 2. The fraction of sp³-hybridized carbons (Fsp3) is 0.105. The Kier molecular flexibility index (Phi) is 4.35. The molecule has 0 aliphatic rings. The summed E-state index contributed by atoms with van der Waals surface area (Å²) in [5.41, 5.74) is 0.788. The van der Waals surface area contributed by atoms with E-state index in [1.807, 2.05) is 0 Å².